The van der Waals surface area contributed by atoms with Crippen molar-refractivity contribution in [1.82, 2.24) is 4.98 Å². The minimum absolute atomic E-state index is 0.131. The van der Waals surface area contributed by atoms with Crippen molar-refractivity contribution in [3.63, 3.8) is 0 Å². The van der Waals surface area contributed by atoms with Gasteiger partial charge >= 0.3 is 12.2 Å². The van der Waals surface area contributed by atoms with Crippen LogP contribution in [-0.2, 0) is 14.2 Å². The molecule has 0 bridgehead atoms. The van der Waals surface area contributed by atoms with Crippen LogP contribution in [0, 0.1) is 6.92 Å². The van der Waals surface area contributed by atoms with Gasteiger partial charge in [-0.15, -0.1) is 0 Å². The average Bonchev–Trinajstić information content (AvgIpc) is 2.45. The molecular formula is C20H30N2O5. The summed E-state index contributed by atoms with van der Waals surface area (Å²) in [5.74, 6) is 0.590. The number of anilines is 1. The molecule has 0 aromatic carbocycles. The van der Waals surface area contributed by atoms with Crippen LogP contribution in [0.2, 0.25) is 0 Å². The van der Waals surface area contributed by atoms with Crippen molar-refractivity contribution >= 4 is 23.8 Å². The van der Waals surface area contributed by atoms with E-state index in [9.17, 15) is 9.59 Å². The number of amides is 2. The molecule has 0 N–H and O–H groups in total. The fourth-order valence-corrected chi connectivity index (χ4v) is 2.07. The highest BCUT2D eigenvalue weighted by Gasteiger charge is 2.34. The summed E-state index contributed by atoms with van der Waals surface area (Å²) in [6.07, 6.45) is -0.227. The van der Waals surface area contributed by atoms with Gasteiger partial charge in [-0.1, -0.05) is 6.58 Å². The summed E-state index contributed by atoms with van der Waals surface area (Å²) >= 11 is 0. The Morgan fingerprint density at radius 3 is 1.93 bits per heavy atom. The highest BCUT2D eigenvalue weighted by atomic mass is 16.6. The first-order valence-electron chi connectivity index (χ1n) is 8.80. The van der Waals surface area contributed by atoms with E-state index in [-0.39, 0.29) is 5.82 Å². The SMILES string of the molecule is C=C(OCC)c1cnc(N(C(=O)OC(C)(C)C)C(=O)OC(C)(C)C)c(C)c1. The summed E-state index contributed by atoms with van der Waals surface area (Å²) in [5, 5.41) is 0. The third-order valence-electron chi connectivity index (χ3n) is 3.06. The van der Waals surface area contributed by atoms with E-state index in [2.05, 4.69) is 11.6 Å². The number of aromatic nitrogens is 1. The summed E-state index contributed by atoms with van der Waals surface area (Å²) in [4.78, 5) is 30.4. The molecule has 0 atom stereocenters. The molecule has 0 spiro atoms. The average molecular weight is 378 g/mol. The molecule has 1 aromatic rings. The minimum Gasteiger partial charge on any atom is -0.494 e. The van der Waals surface area contributed by atoms with Crippen LogP contribution in [0.15, 0.2) is 18.8 Å². The molecule has 0 unspecified atom stereocenters. The lowest BCUT2D eigenvalue weighted by atomic mass is 10.1. The molecule has 2 amide bonds. The minimum atomic E-state index is -0.858. The molecule has 27 heavy (non-hydrogen) atoms. The summed E-state index contributed by atoms with van der Waals surface area (Å²) in [6.45, 7) is 18.2. The third kappa shape index (κ3) is 6.92. The van der Waals surface area contributed by atoms with Gasteiger partial charge in [0, 0.05) is 11.8 Å². The lowest BCUT2D eigenvalue weighted by Gasteiger charge is -2.28. The Morgan fingerprint density at radius 1 is 1.07 bits per heavy atom. The number of nitrogens with zero attached hydrogens (tertiary/aromatic N) is 2. The predicted molar refractivity (Wildman–Crippen MR) is 105 cm³/mol. The Bertz CT molecular complexity index is 686. The zero-order chi connectivity index (χ0) is 21.0. The normalized spacial score (nSPS) is 11.6. The Balaban J connectivity index is 3.32. The topological polar surface area (TPSA) is 78.0 Å². The zero-order valence-electron chi connectivity index (χ0n) is 17.5. The van der Waals surface area contributed by atoms with Gasteiger partial charge in [-0.25, -0.2) is 14.6 Å². The molecule has 0 aliphatic heterocycles. The van der Waals surface area contributed by atoms with Crippen LogP contribution < -0.4 is 4.90 Å². The maximum atomic E-state index is 12.7. The van der Waals surface area contributed by atoms with Crippen molar-refractivity contribution in [1.29, 1.82) is 0 Å². The van der Waals surface area contributed by atoms with Crippen LogP contribution in [0.5, 0.6) is 0 Å². The number of rotatable bonds is 4. The number of hydrogen-bond acceptors (Lipinski definition) is 6. The van der Waals surface area contributed by atoms with Gasteiger partial charge in [0.25, 0.3) is 0 Å². The maximum absolute atomic E-state index is 12.7. The second-order valence-electron chi connectivity index (χ2n) is 8.02. The van der Waals surface area contributed by atoms with Gasteiger partial charge in [0.1, 0.15) is 17.0 Å². The van der Waals surface area contributed by atoms with Crippen molar-refractivity contribution in [2.45, 2.75) is 66.6 Å². The van der Waals surface area contributed by atoms with E-state index in [1.165, 1.54) is 6.20 Å². The predicted octanol–water partition coefficient (Wildman–Crippen LogP) is 5.07. The third-order valence-corrected chi connectivity index (χ3v) is 3.06. The molecule has 0 aliphatic carbocycles. The fourth-order valence-electron chi connectivity index (χ4n) is 2.07. The fraction of sp³-hybridized carbons (Fsp3) is 0.550. The van der Waals surface area contributed by atoms with Crippen LogP contribution >= 0.6 is 0 Å². The van der Waals surface area contributed by atoms with Crippen molar-refractivity contribution < 1.29 is 23.8 Å². The first-order valence-corrected chi connectivity index (χ1v) is 8.80. The molecule has 1 rings (SSSR count). The van der Waals surface area contributed by atoms with E-state index >= 15 is 0 Å². The van der Waals surface area contributed by atoms with E-state index in [4.69, 9.17) is 14.2 Å². The van der Waals surface area contributed by atoms with Crippen molar-refractivity contribution in [2.24, 2.45) is 0 Å². The van der Waals surface area contributed by atoms with Crippen molar-refractivity contribution in [2.75, 3.05) is 11.5 Å². The molecule has 0 radical (unpaired) electrons. The summed E-state index contributed by atoms with van der Waals surface area (Å²) in [5.41, 5.74) is -0.334. The second-order valence-corrected chi connectivity index (χ2v) is 8.02. The number of carbonyl (C=O) groups is 2. The number of ether oxygens (including phenoxy) is 3. The number of imide groups is 1. The van der Waals surface area contributed by atoms with Gasteiger partial charge < -0.3 is 14.2 Å². The van der Waals surface area contributed by atoms with E-state index in [0.717, 1.165) is 4.90 Å². The first-order chi connectivity index (χ1) is 12.2. The summed E-state index contributed by atoms with van der Waals surface area (Å²) < 4.78 is 16.1. The quantitative estimate of drug-likeness (QED) is 0.680. The van der Waals surface area contributed by atoms with Crippen LogP contribution in [0.25, 0.3) is 5.76 Å². The highest BCUT2D eigenvalue weighted by molar-refractivity contribution is 6.09. The Hall–Kier alpha value is -2.57. The molecular weight excluding hydrogens is 348 g/mol. The molecule has 1 heterocycles. The van der Waals surface area contributed by atoms with E-state index in [1.807, 2.05) is 6.92 Å². The number of aryl methyl sites for hydroxylation is 1. The second kappa shape index (κ2) is 8.41. The smallest absolute Gasteiger partial charge is 0.425 e. The molecule has 0 aliphatic rings. The number of carbonyl (C=O) groups excluding carboxylic acids is 2. The standard InChI is InChI=1S/C20H30N2O5/c1-10-25-14(3)15-11-13(2)16(21-12-15)22(17(23)26-19(4,5)6)18(24)27-20(7,8)9/h11-12H,3,10H2,1-2,4-9H3. The van der Waals surface area contributed by atoms with Crippen LogP contribution in [0.1, 0.15) is 59.6 Å². The number of hydrogen-bond donors (Lipinski definition) is 0. The summed E-state index contributed by atoms with van der Waals surface area (Å²) in [7, 11) is 0. The van der Waals surface area contributed by atoms with Crippen LogP contribution in [-0.4, -0.2) is 35.0 Å². The van der Waals surface area contributed by atoms with E-state index in [0.29, 0.717) is 23.5 Å². The first kappa shape index (κ1) is 22.5. The highest BCUT2D eigenvalue weighted by Crippen LogP contribution is 2.25. The van der Waals surface area contributed by atoms with Gasteiger partial charge in [-0.2, -0.15) is 4.90 Å². The van der Waals surface area contributed by atoms with Crippen LogP contribution in [0.3, 0.4) is 0 Å². The van der Waals surface area contributed by atoms with Gasteiger partial charge in [0.2, 0.25) is 0 Å². The lowest BCUT2D eigenvalue weighted by Crippen LogP contribution is -2.44. The van der Waals surface area contributed by atoms with Crippen LogP contribution in [0.4, 0.5) is 15.4 Å². The maximum Gasteiger partial charge on any atom is 0.425 e. The Kier molecular flexibility index (Phi) is 7.00. The Labute approximate surface area is 161 Å². The number of pyridine rings is 1. The van der Waals surface area contributed by atoms with E-state index in [1.54, 1.807) is 54.5 Å². The Morgan fingerprint density at radius 2 is 1.56 bits per heavy atom. The molecule has 0 saturated heterocycles. The molecule has 0 fully saturated rings. The molecule has 7 heteroatoms. The molecule has 150 valence electrons. The van der Waals surface area contributed by atoms with Crippen molar-refractivity contribution in [3.05, 3.63) is 30.0 Å². The molecule has 0 saturated carbocycles. The van der Waals surface area contributed by atoms with E-state index < -0.39 is 23.4 Å². The van der Waals surface area contributed by atoms with Gasteiger partial charge in [0.05, 0.1) is 6.61 Å². The van der Waals surface area contributed by atoms with Gasteiger partial charge in [-0.05, 0) is 67.0 Å². The zero-order valence-corrected chi connectivity index (χ0v) is 17.5. The van der Waals surface area contributed by atoms with Crippen molar-refractivity contribution in [3.8, 4) is 0 Å². The lowest BCUT2D eigenvalue weighted by molar-refractivity contribution is 0.0428. The van der Waals surface area contributed by atoms with Gasteiger partial charge in [-0.3, -0.25) is 0 Å². The monoisotopic (exact) mass is 378 g/mol. The molecule has 1 aromatic heterocycles. The summed E-state index contributed by atoms with van der Waals surface area (Å²) in [6, 6.07) is 1.74. The van der Waals surface area contributed by atoms with Gasteiger partial charge in [0.15, 0.2) is 5.82 Å². The molecule has 7 nitrogen and oxygen atoms in total. The largest absolute Gasteiger partial charge is 0.494 e.